The molecule has 3 nitrogen and oxygen atoms in total. The van der Waals surface area contributed by atoms with Crippen LogP contribution in [0.3, 0.4) is 0 Å². The molecule has 0 saturated heterocycles. The molecule has 21 heavy (non-hydrogen) atoms. The van der Waals surface area contributed by atoms with Gasteiger partial charge < -0.3 is 5.32 Å². The first-order valence-corrected chi connectivity index (χ1v) is 8.26. The number of rotatable bonds is 3. The standard InChI is InChI=1S/C16H22Cl2N2O/c1-9(2)12-5-4-10(3)6-14(12)20-16(21)11-7-13(17)15(18)19-8-11/h7-10,12,14H,4-6H2,1-3H3,(H,20,21). The molecule has 0 aliphatic heterocycles. The lowest BCUT2D eigenvalue weighted by molar-refractivity contribution is 0.0867. The van der Waals surface area contributed by atoms with Gasteiger partial charge in [-0.05, 0) is 36.7 Å². The fourth-order valence-corrected chi connectivity index (χ4v) is 3.44. The Labute approximate surface area is 136 Å². The van der Waals surface area contributed by atoms with Crippen molar-refractivity contribution in [1.82, 2.24) is 10.3 Å². The van der Waals surface area contributed by atoms with Crippen LogP contribution < -0.4 is 5.32 Å². The summed E-state index contributed by atoms with van der Waals surface area (Å²) in [5.74, 6) is 1.62. The highest BCUT2D eigenvalue weighted by atomic mass is 35.5. The molecule has 5 heteroatoms. The minimum absolute atomic E-state index is 0.120. The number of nitrogens with zero attached hydrogens (tertiary/aromatic N) is 1. The minimum Gasteiger partial charge on any atom is -0.349 e. The normalized spacial score (nSPS) is 25.9. The monoisotopic (exact) mass is 328 g/mol. The summed E-state index contributed by atoms with van der Waals surface area (Å²) >= 11 is 11.7. The molecule has 1 fully saturated rings. The van der Waals surface area contributed by atoms with Crippen molar-refractivity contribution in [3.05, 3.63) is 28.0 Å². The number of pyridine rings is 1. The fourth-order valence-electron chi connectivity index (χ4n) is 3.17. The summed E-state index contributed by atoms with van der Waals surface area (Å²) in [6.07, 6.45) is 4.91. The van der Waals surface area contributed by atoms with Crippen molar-refractivity contribution in [2.24, 2.45) is 17.8 Å². The lowest BCUT2D eigenvalue weighted by Gasteiger charge is -2.37. The topological polar surface area (TPSA) is 42.0 Å². The van der Waals surface area contributed by atoms with E-state index >= 15 is 0 Å². The molecule has 1 aromatic heterocycles. The molecule has 1 aliphatic rings. The van der Waals surface area contributed by atoms with Gasteiger partial charge in [0, 0.05) is 12.2 Å². The molecule has 116 valence electrons. The molecule has 1 aliphatic carbocycles. The van der Waals surface area contributed by atoms with Crippen molar-refractivity contribution in [3.8, 4) is 0 Å². The maximum absolute atomic E-state index is 12.4. The summed E-state index contributed by atoms with van der Waals surface area (Å²) in [5, 5.41) is 3.69. The molecule has 1 heterocycles. The van der Waals surface area contributed by atoms with Gasteiger partial charge in [0.25, 0.3) is 5.91 Å². The van der Waals surface area contributed by atoms with Gasteiger partial charge in [0.15, 0.2) is 0 Å². The summed E-state index contributed by atoms with van der Waals surface area (Å²) in [6.45, 7) is 6.69. The van der Waals surface area contributed by atoms with E-state index in [1.807, 2.05) is 0 Å². The summed E-state index contributed by atoms with van der Waals surface area (Å²) in [7, 11) is 0. The van der Waals surface area contributed by atoms with Crippen molar-refractivity contribution in [3.63, 3.8) is 0 Å². The predicted molar refractivity (Wildman–Crippen MR) is 86.9 cm³/mol. The van der Waals surface area contributed by atoms with Crippen LogP contribution in [0, 0.1) is 17.8 Å². The fraction of sp³-hybridized carbons (Fsp3) is 0.625. The molecule has 1 saturated carbocycles. The van der Waals surface area contributed by atoms with E-state index in [0.29, 0.717) is 28.3 Å². The Balaban J connectivity index is 2.10. The van der Waals surface area contributed by atoms with Gasteiger partial charge in [-0.3, -0.25) is 4.79 Å². The average Bonchev–Trinajstić information content (AvgIpc) is 2.41. The number of carbonyl (C=O) groups is 1. The van der Waals surface area contributed by atoms with E-state index < -0.39 is 0 Å². The van der Waals surface area contributed by atoms with Gasteiger partial charge in [0.1, 0.15) is 5.15 Å². The van der Waals surface area contributed by atoms with E-state index in [9.17, 15) is 4.79 Å². The summed E-state index contributed by atoms with van der Waals surface area (Å²) in [6, 6.07) is 1.79. The zero-order chi connectivity index (χ0) is 15.6. The van der Waals surface area contributed by atoms with Gasteiger partial charge in [-0.15, -0.1) is 0 Å². The van der Waals surface area contributed by atoms with Gasteiger partial charge in [0.2, 0.25) is 0 Å². The van der Waals surface area contributed by atoms with E-state index in [0.717, 1.165) is 6.42 Å². The van der Waals surface area contributed by atoms with E-state index in [4.69, 9.17) is 23.2 Å². The number of hydrogen-bond donors (Lipinski definition) is 1. The maximum atomic E-state index is 12.4. The lowest BCUT2D eigenvalue weighted by Crippen LogP contribution is -2.45. The van der Waals surface area contributed by atoms with Crippen LogP contribution in [0.1, 0.15) is 50.4 Å². The number of hydrogen-bond acceptors (Lipinski definition) is 2. The van der Waals surface area contributed by atoms with E-state index in [-0.39, 0.29) is 17.1 Å². The molecule has 1 aromatic rings. The highest BCUT2D eigenvalue weighted by Crippen LogP contribution is 2.33. The first-order chi connectivity index (χ1) is 9.88. The Morgan fingerprint density at radius 2 is 2.10 bits per heavy atom. The first-order valence-electron chi connectivity index (χ1n) is 7.50. The van der Waals surface area contributed by atoms with E-state index in [1.54, 1.807) is 6.07 Å². The quantitative estimate of drug-likeness (QED) is 0.825. The second kappa shape index (κ2) is 6.97. The molecule has 0 aromatic carbocycles. The lowest BCUT2D eigenvalue weighted by atomic mass is 9.74. The molecule has 0 spiro atoms. The SMILES string of the molecule is CC1CCC(C(C)C)C(NC(=O)c2cnc(Cl)c(Cl)c2)C1. The summed E-state index contributed by atoms with van der Waals surface area (Å²) in [5.41, 5.74) is 0.463. The van der Waals surface area contributed by atoms with Crippen LogP contribution in [-0.2, 0) is 0 Å². The van der Waals surface area contributed by atoms with Crippen molar-refractivity contribution in [2.45, 2.75) is 46.1 Å². The minimum atomic E-state index is -0.120. The van der Waals surface area contributed by atoms with Crippen LogP contribution in [0.2, 0.25) is 10.2 Å². The van der Waals surface area contributed by atoms with Crippen molar-refractivity contribution in [2.75, 3.05) is 0 Å². The third-order valence-corrected chi connectivity index (χ3v) is 5.08. The highest BCUT2D eigenvalue weighted by molar-refractivity contribution is 6.41. The predicted octanol–water partition coefficient (Wildman–Crippen LogP) is 4.58. The van der Waals surface area contributed by atoms with Crippen LogP contribution >= 0.6 is 23.2 Å². The van der Waals surface area contributed by atoms with Crippen LogP contribution in [0.4, 0.5) is 0 Å². The third-order valence-electron chi connectivity index (χ3n) is 4.40. The molecule has 3 atom stereocenters. The van der Waals surface area contributed by atoms with Gasteiger partial charge >= 0.3 is 0 Å². The van der Waals surface area contributed by atoms with E-state index in [2.05, 4.69) is 31.1 Å². The smallest absolute Gasteiger partial charge is 0.253 e. The van der Waals surface area contributed by atoms with Crippen LogP contribution in [0.15, 0.2) is 12.3 Å². The van der Waals surface area contributed by atoms with Crippen LogP contribution in [0.25, 0.3) is 0 Å². The Kier molecular flexibility index (Phi) is 5.50. The molecule has 1 amide bonds. The van der Waals surface area contributed by atoms with Crippen molar-refractivity contribution < 1.29 is 4.79 Å². The highest BCUT2D eigenvalue weighted by Gasteiger charge is 2.31. The Morgan fingerprint density at radius 1 is 1.38 bits per heavy atom. The zero-order valence-electron chi connectivity index (χ0n) is 12.7. The summed E-state index contributed by atoms with van der Waals surface area (Å²) < 4.78 is 0. The third kappa shape index (κ3) is 4.10. The van der Waals surface area contributed by atoms with E-state index in [1.165, 1.54) is 19.0 Å². The maximum Gasteiger partial charge on any atom is 0.253 e. The zero-order valence-corrected chi connectivity index (χ0v) is 14.2. The molecule has 3 unspecified atom stereocenters. The number of aromatic nitrogens is 1. The molecule has 1 N–H and O–H groups in total. The molecule has 0 bridgehead atoms. The number of carbonyl (C=O) groups excluding carboxylic acids is 1. The molecule has 0 radical (unpaired) electrons. The van der Waals surface area contributed by atoms with Crippen LogP contribution in [0.5, 0.6) is 0 Å². The van der Waals surface area contributed by atoms with Crippen LogP contribution in [-0.4, -0.2) is 16.9 Å². The van der Waals surface area contributed by atoms with Gasteiger partial charge in [-0.2, -0.15) is 0 Å². The Morgan fingerprint density at radius 3 is 2.71 bits per heavy atom. The molecular weight excluding hydrogens is 307 g/mol. The second-order valence-corrected chi connectivity index (χ2v) is 7.17. The number of halogens is 2. The molecular formula is C16H22Cl2N2O. The Hall–Kier alpha value is -0.800. The molecule has 2 rings (SSSR count). The number of amides is 1. The first kappa shape index (κ1) is 16.6. The average molecular weight is 329 g/mol. The number of nitrogens with one attached hydrogen (secondary N) is 1. The summed E-state index contributed by atoms with van der Waals surface area (Å²) in [4.78, 5) is 16.3. The van der Waals surface area contributed by atoms with Gasteiger partial charge in [-0.1, -0.05) is 50.4 Å². The van der Waals surface area contributed by atoms with Gasteiger partial charge in [0.05, 0.1) is 10.6 Å². The van der Waals surface area contributed by atoms with Crippen molar-refractivity contribution >= 4 is 29.1 Å². The van der Waals surface area contributed by atoms with Crippen molar-refractivity contribution in [1.29, 1.82) is 0 Å². The second-order valence-electron chi connectivity index (χ2n) is 6.40. The Bertz CT molecular complexity index is 519. The van der Waals surface area contributed by atoms with Gasteiger partial charge in [-0.25, -0.2) is 4.98 Å². The largest absolute Gasteiger partial charge is 0.349 e.